The van der Waals surface area contributed by atoms with Gasteiger partial charge in [0.1, 0.15) is 17.4 Å². The molecule has 1 aromatic heterocycles. The first kappa shape index (κ1) is 20.8. The predicted octanol–water partition coefficient (Wildman–Crippen LogP) is 4.99. The molecule has 0 saturated heterocycles. The maximum atomic E-state index is 13.4. The number of nitriles is 1. The van der Waals surface area contributed by atoms with E-state index in [9.17, 15) is 10.1 Å². The summed E-state index contributed by atoms with van der Waals surface area (Å²) in [5, 5.41) is 14.9. The monoisotopic (exact) mass is 436 g/mol. The van der Waals surface area contributed by atoms with E-state index in [4.69, 9.17) is 15.6 Å². The molecule has 164 valence electrons. The first-order chi connectivity index (χ1) is 15.9. The maximum absolute atomic E-state index is 13.4. The third kappa shape index (κ3) is 3.62. The Kier molecular flexibility index (Phi) is 4.90. The number of aromatic nitrogens is 2. The first-order valence-corrected chi connectivity index (χ1v) is 10.9. The number of nitrogens with two attached hydrogens (primary N) is 1. The van der Waals surface area contributed by atoms with E-state index in [1.54, 1.807) is 4.68 Å². The Morgan fingerprint density at radius 2 is 1.76 bits per heavy atom. The average Bonchev–Trinajstić information content (AvgIpc) is 3.24. The molecule has 2 aliphatic rings. The molecular weight excluding hydrogens is 412 g/mol. The molecule has 33 heavy (non-hydrogen) atoms. The van der Waals surface area contributed by atoms with Crippen molar-refractivity contribution in [2.45, 2.75) is 32.6 Å². The molecule has 0 spiro atoms. The maximum Gasteiger partial charge on any atom is 0.205 e. The molecule has 1 aliphatic heterocycles. The zero-order valence-electron chi connectivity index (χ0n) is 18.6. The van der Waals surface area contributed by atoms with E-state index in [1.165, 1.54) is 0 Å². The summed E-state index contributed by atoms with van der Waals surface area (Å²) in [4.78, 5) is 13.4. The summed E-state index contributed by atoms with van der Waals surface area (Å²) in [5.41, 5.74) is 10.00. The summed E-state index contributed by atoms with van der Waals surface area (Å²) in [5.74, 6) is -0.0320. The average molecular weight is 437 g/mol. The second-order valence-electron chi connectivity index (χ2n) is 9.28. The van der Waals surface area contributed by atoms with E-state index in [-0.39, 0.29) is 22.7 Å². The fraction of sp³-hybridized carbons (Fsp3) is 0.222. The van der Waals surface area contributed by atoms with Gasteiger partial charge in [-0.15, -0.1) is 0 Å². The second-order valence-corrected chi connectivity index (χ2v) is 9.28. The molecule has 6 nitrogen and oxygen atoms in total. The number of ether oxygens (including phenoxy) is 1. The summed E-state index contributed by atoms with van der Waals surface area (Å²) in [6, 6.07) is 21.7. The molecular formula is C27H24N4O2. The molecule has 1 aliphatic carbocycles. The molecule has 0 amide bonds. The van der Waals surface area contributed by atoms with E-state index < -0.39 is 5.92 Å². The summed E-state index contributed by atoms with van der Waals surface area (Å²) in [6.45, 7) is 4.07. The van der Waals surface area contributed by atoms with Gasteiger partial charge in [-0.05, 0) is 17.5 Å². The molecule has 1 atom stereocenters. The summed E-state index contributed by atoms with van der Waals surface area (Å²) in [6.07, 6.45) is 2.87. The van der Waals surface area contributed by atoms with E-state index in [0.717, 1.165) is 16.8 Å². The Labute approximate surface area is 192 Å². The van der Waals surface area contributed by atoms with Crippen molar-refractivity contribution >= 4 is 5.78 Å². The van der Waals surface area contributed by atoms with Crippen LogP contribution in [0.25, 0.3) is 16.9 Å². The van der Waals surface area contributed by atoms with E-state index in [1.807, 2.05) is 80.7 Å². The van der Waals surface area contributed by atoms with Crippen molar-refractivity contribution in [1.29, 1.82) is 5.26 Å². The highest BCUT2D eigenvalue weighted by Gasteiger charge is 2.44. The van der Waals surface area contributed by atoms with Gasteiger partial charge in [-0.25, -0.2) is 4.68 Å². The minimum Gasteiger partial charge on any atom is -0.444 e. The number of hydrogen-bond donors (Lipinski definition) is 1. The van der Waals surface area contributed by atoms with Gasteiger partial charge in [-0.2, -0.15) is 10.4 Å². The number of ketones is 1. The highest BCUT2D eigenvalue weighted by atomic mass is 16.5. The van der Waals surface area contributed by atoms with E-state index in [0.29, 0.717) is 29.9 Å². The van der Waals surface area contributed by atoms with Gasteiger partial charge in [0.15, 0.2) is 5.78 Å². The molecule has 2 heterocycles. The number of benzene rings is 2. The topological polar surface area (TPSA) is 93.9 Å². The predicted molar refractivity (Wildman–Crippen MR) is 125 cm³/mol. The van der Waals surface area contributed by atoms with Crippen LogP contribution in [-0.2, 0) is 9.53 Å². The van der Waals surface area contributed by atoms with E-state index >= 15 is 0 Å². The van der Waals surface area contributed by atoms with Crippen molar-refractivity contribution in [3.8, 4) is 23.0 Å². The van der Waals surface area contributed by atoms with Crippen molar-refractivity contribution in [3.63, 3.8) is 0 Å². The van der Waals surface area contributed by atoms with Gasteiger partial charge in [-0.3, -0.25) is 4.79 Å². The molecule has 0 bridgehead atoms. The lowest BCUT2D eigenvalue weighted by Crippen LogP contribution is -2.33. The Morgan fingerprint density at radius 3 is 2.42 bits per heavy atom. The van der Waals surface area contributed by atoms with Crippen LogP contribution in [0.2, 0.25) is 0 Å². The Hall–Kier alpha value is -4.11. The highest BCUT2D eigenvalue weighted by Crippen LogP contribution is 2.49. The van der Waals surface area contributed by atoms with Gasteiger partial charge in [0, 0.05) is 35.7 Å². The van der Waals surface area contributed by atoms with Gasteiger partial charge >= 0.3 is 0 Å². The first-order valence-electron chi connectivity index (χ1n) is 10.9. The number of allylic oxidation sites excluding steroid dienone is 3. The van der Waals surface area contributed by atoms with Crippen molar-refractivity contribution < 1.29 is 9.53 Å². The number of hydrogen-bond acceptors (Lipinski definition) is 5. The highest BCUT2D eigenvalue weighted by molar-refractivity contribution is 6.00. The van der Waals surface area contributed by atoms with Crippen molar-refractivity contribution in [3.05, 3.63) is 95.2 Å². The largest absolute Gasteiger partial charge is 0.444 e. The quantitative estimate of drug-likeness (QED) is 0.624. The smallest absolute Gasteiger partial charge is 0.205 e. The minimum atomic E-state index is -0.630. The number of rotatable bonds is 3. The van der Waals surface area contributed by atoms with Gasteiger partial charge in [0.2, 0.25) is 5.88 Å². The Bertz CT molecular complexity index is 1340. The second kappa shape index (κ2) is 7.79. The van der Waals surface area contributed by atoms with Gasteiger partial charge in [0.25, 0.3) is 0 Å². The molecule has 2 aromatic carbocycles. The van der Waals surface area contributed by atoms with Crippen LogP contribution in [-0.4, -0.2) is 15.6 Å². The Balaban J connectivity index is 1.76. The third-order valence-corrected chi connectivity index (χ3v) is 6.20. The molecule has 2 N–H and O–H groups in total. The number of nitrogens with zero attached hydrogens (tertiary/aromatic N) is 3. The van der Waals surface area contributed by atoms with E-state index in [2.05, 4.69) is 6.07 Å². The van der Waals surface area contributed by atoms with Crippen LogP contribution in [0.4, 0.5) is 0 Å². The molecule has 0 radical (unpaired) electrons. The Morgan fingerprint density at radius 1 is 1.09 bits per heavy atom. The van der Waals surface area contributed by atoms with Crippen LogP contribution < -0.4 is 5.73 Å². The lowest BCUT2D eigenvalue weighted by molar-refractivity contribution is -0.119. The third-order valence-electron chi connectivity index (χ3n) is 6.20. The van der Waals surface area contributed by atoms with Crippen LogP contribution in [0, 0.1) is 16.7 Å². The van der Waals surface area contributed by atoms with Gasteiger partial charge in [-0.1, -0.05) is 62.4 Å². The summed E-state index contributed by atoms with van der Waals surface area (Å²) in [7, 11) is 0. The minimum absolute atomic E-state index is 0.0158. The molecule has 3 aromatic rings. The van der Waals surface area contributed by atoms with Crippen LogP contribution in [0.15, 0.2) is 89.6 Å². The summed E-state index contributed by atoms with van der Waals surface area (Å²) < 4.78 is 7.64. The zero-order valence-corrected chi connectivity index (χ0v) is 18.6. The van der Waals surface area contributed by atoms with Crippen molar-refractivity contribution in [2.75, 3.05) is 0 Å². The van der Waals surface area contributed by atoms with Crippen LogP contribution in [0.3, 0.4) is 0 Å². The fourth-order valence-corrected chi connectivity index (χ4v) is 4.73. The van der Waals surface area contributed by atoms with Gasteiger partial charge in [0.05, 0.1) is 17.3 Å². The SMILES string of the molecule is CC1(C)CC(=O)C2=C(C1)OC(N)=C(C#N)[C@H]2c1cn(-c2ccccc2)nc1-c1ccccc1. The molecule has 5 rings (SSSR count). The normalized spacial score (nSPS) is 19.7. The zero-order chi connectivity index (χ0) is 23.2. The van der Waals surface area contributed by atoms with Crippen molar-refractivity contribution in [1.82, 2.24) is 9.78 Å². The number of Topliss-reactive ketones (excluding diaryl/α,β-unsaturated/α-hetero) is 1. The molecule has 6 heteroatoms. The van der Waals surface area contributed by atoms with Crippen LogP contribution in [0.1, 0.15) is 38.2 Å². The molecule has 0 fully saturated rings. The lowest BCUT2D eigenvalue weighted by atomic mass is 9.70. The van der Waals surface area contributed by atoms with Gasteiger partial charge < -0.3 is 10.5 Å². The van der Waals surface area contributed by atoms with Crippen LogP contribution >= 0.6 is 0 Å². The summed E-state index contributed by atoms with van der Waals surface area (Å²) >= 11 is 0. The molecule has 0 saturated carbocycles. The number of para-hydroxylation sites is 1. The fourth-order valence-electron chi connectivity index (χ4n) is 4.73. The number of carbonyl (C=O) groups is 1. The van der Waals surface area contributed by atoms with Crippen LogP contribution in [0.5, 0.6) is 0 Å². The van der Waals surface area contributed by atoms with Crippen molar-refractivity contribution in [2.24, 2.45) is 11.1 Å². The molecule has 0 unspecified atom stereocenters. The number of carbonyl (C=O) groups excluding carboxylic acids is 1. The standard InChI is InChI=1S/C27H24N4O2/c1-27(2)13-21(32)24-22(14-27)33-26(29)19(15-28)23(24)20-16-31(18-11-7-4-8-12-18)30-25(20)17-9-5-3-6-10-17/h3-12,16,23H,13-14,29H2,1-2H3/t23-/m0/s1. The lowest BCUT2D eigenvalue weighted by Gasteiger charge is -2.37.